The Kier molecular flexibility index (Phi) is 7.13. The number of benzene rings is 1. The molecule has 6 heterocycles. The van der Waals surface area contributed by atoms with Crippen LogP contribution in [0, 0.1) is 11.3 Å². The largest absolute Gasteiger partial charge is 0.506 e. The van der Waals surface area contributed by atoms with Gasteiger partial charge in [0.05, 0.1) is 23.2 Å². The minimum atomic E-state index is -0.887. The lowest BCUT2D eigenvalue weighted by Gasteiger charge is -2.59. The highest BCUT2D eigenvalue weighted by Crippen LogP contribution is 2.62. The molecule has 6 aliphatic rings. The van der Waals surface area contributed by atoms with Gasteiger partial charge in [0.15, 0.2) is 0 Å². The normalized spacial score (nSPS) is 38.7. The van der Waals surface area contributed by atoms with Crippen molar-refractivity contribution in [1.29, 1.82) is 0 Å². The minimum absolute atomic E-state index is 0.0147. The number of phenolic OH excluding ortho intramolecular Hbond substituents is 1. The molecule has 1 spiro atoms. The smallest absolute Gasteiger partial charge is 0.139 e. The number of hydrogen-bond donors (Lipinski definition) is 3. The van der Waals surface area contributed by atoms with Crippen LogP contribution in [0.25, 0.3) is 10.9 Å². The number of piperidine rings is 1. The van der Waals surface area contributed by atoms with Crippen LogP contribution in [0.1, 0.15) is 81.5 Å². The summed E-state index contributed by atoms with van der Waals surface area (Å²) >= 11 is 0. The van der Waals surface area contributed by atoms with Gasteiger partial charge in [-0.15, -0.1) is 0 Å². The first-order valence-corrected chi connectivity index (χ1v) is 17.3. The van der Waals surface area contributed by atoms with E-state index in [0.717, 1.165) is 75.6 Å². The fraction of sp³-hybridized carbons (Fsp3) is 0.622. The Morgan fingerprint density at radius 2 is 1.79 bits per heavy atom. The standard InChI is InChI=1S/C37H50N4O2/c1-39-21-16-28-27-14-12-15-31(42)32(27)38-33(28)34(39)29-24-37(43)18-9-5-2-3-6-10-19-40-22-17-30(29)36(25-40)23-26-13-8-4-7-11-20-41(26)35(36)37/h2,5,8,12-15,24,26,30,34-35,38,42-43H,3-4,6-7,9-11,16-23,25H2,1H3. The number of nitrogens with one attached hydrogen (secondary N) is 1. The molecule has 0 saturated carbocycles. The molecule has 1 aromatic carbocycles. The van der Waals surface area contributed by atoms with Gasteiger partial charge in [-0.1, -0.05) is 42.5 Å². The molecule has 2 saturated heterocycles. The molecule has 0 radical (unpaired) electrons. The first kappa shape index (κ1) is 28.1. The van der Waals surface area contributed by atoms with Crippen LogP contribution < -0.4 is 0 Å². The summed E-state index contributed by atoms with van der Waals surface area (Å²) in [6.45, 7) is 5.46. The topological polar surface area (TPSA) is 66.0 Å². The summed E-state index contributed by atoms with van der Waals surface area (Å²) in [5.74, 6) is 0.755. The molecular weight excluding hydrogens is 532 g/mol. The van der Waals surface area contributed by atoms with Crippen molar-refractivity contribution in [2.45, 2.75) is 94.4 Å². The number of phenols is 1. The highest BCUT2D eigenvalue weighted by Gasteiger charge is 2.66. The maximum absolute atomic E-state index is 13.2. The van der Waals surface area contributed by atoms with Crippen LogP contribution in [0.2, 0.25) is 0 Å². The molecule has 5 aliphatic heterocycles. The highest BCUT2D eigenvalue weighted by atomic mass is 16.3. The van der Waals surface area contributed by atoms with E-state index in [4.69, 9.17) is 0 Å². The molecule has 1 aliphatic carbocycles. The van der Waals surface area contributed by atoms with Gasteiger partial charge < -0.3 is 20.1 Å². The molecule has 2 fully saturated rings. The van der Waals surface area contributed by atoms with Crippen LogP contribution in [0.15, 0.2) is 54.2 Å². The Hall–Kier alpha value is -2.38. The highest BCUT2D eigenvalue weighted by molar-refractivity contribution is 5.90. The fourth-order valence-corrected chi connectivity index (χ4v) is 10.5. The van der Waals surface area contributed by atoms with Crippen LogP contribution in [0.4, 0.5) is 0 Å². The molecule has 1 aromatic heterocycles. The van der Waals surface area contributed by atoms with E-state index in [-0.39, 0.29) is 17.5 Å². The van der Waals surface area contributed by atoms with Crippen molar-refractivity contribution in [1.82, 2.24) is 19.7 Å². The SMILES string of the molecule is CN1CCc2c([nH]c3c(O)cccc23)C1C1=CC2(O)CCC=CCCCCN3CCC1C1(CC4C=CCCCCN4C21)C3. The molecule has 6 nitrogen and oxygen atoms in total. The lowest BCUT2D eigenvalue weighted by molar-refractivity contribution is -0.0999. The lowest BCUT2D eigenvalue weighted by Crippen LogP contribution is -2.66. The van der Waals surface area contributed by atoms with E-state index in [1.54, 1.807) is 6.07 Å². The maximum Gasteiger partial charge on any atom is 0.139 e. The number of rotatable bonds is 1. The van der Waals surface area contributed by atoms with E-state index in [0.29, 0.717) is 17.7 Å². The summed E-state index contributed by atoms with van der Waals surface area (Å²) in [7, 11) is 2.27. The molecule has 0 amide bonds. The number of H-pyrrole nitrogens is 1. The molecular formula is C37H50N4O2. The third-order valence-electron chi connectivity index (χ3n) is 12.2. The van der Waals surface area contributed by atoms with Gasteiger partial charge in [-0.05, 0) is 120 Å². The van der Waals surface area contributed by atoms with Crippen molar-refractivity contribution in [2.75, 3.05) is 39.8 Å². The predicted molar refractivity (Wildman–Crippen MR) is 173 cm³/mol. The van der Waals surface area contributed by atoms with Crippen molar-refractivity contribution in [3.8, 4) is 5.75 Å². The molecule has 230 valence electrons. The minimum Gasteiger partial charge on any atom is -0.506 e. The van der Waals surface area contributed by atoms with Crippen LogP contribution in [0.3, 0.4) is 0 Å². The fourth-order valence-electron chi connectivity index (χ4n) is 10.5. The van der Waals surface area contributed by atoms with Crippen molar-refractivity contribution in [3.63, 3.8) is 0 Å². The zero-order valence-electron chi connectivity index (χ0n) is 26.0. The Morgan fingerprint density at radius 3 is 2.70 bits per heavy atom. The zero-order valence-corrected chi connectivity index (χ0v) is 26.0. The summed E-state index contributed by atoms with van der Waals surface area (Å²) in [6.07, 6.45) is 24.3. The van der Waals surface area contributed by atoms with Crippen molar-refractivity contribution in [2.24, 2.45) is 11.3 Å². The summed E-state index contributed by atoms with van der Waals surface area (Å²) in [5, 5.41) is 25.2. The number of allylic oxidation sites excluding steroid dienone is 3. The van der Waals surface area contributed by atoms with Gasteiger partial charge >= 0.3 is 0 Å². The predicted octanol–water partition coefficient (Wildman–Crippen LogP) is 6.09. The number of para-hydroxylation sites is 1. The molecule has 8 rings (SSSR count). The van der Waals surface area contributed by atoms with E-state index < -0.39 is 5.60 Å². The average Bonchev–Trinajstić information content (AvgIpc) is 3.50. The number of aromatic amines is 1. The van der Waals surface area contributed by atoms with Crippen LogP contribution in [-0.4, -0.2) is 87.4 Å². The summed E-state index contributed by atoms with van der Waals surface area (Å²) in [5.41, 5.74) is 4.01. The van der Waals surface area contributed by atoms with Gasteiger partial charge in [0.2, 0.25) is 0 Å². The third-order valence-corrected chi connectivity index (χ3v) is 12.2. The number of likely N-dealkylation sites (N-methyl/N-ethyl adjacent to an activating group) is 1. The van der Waals surface area contributed by atoms with Crippen LogP contribution >= 0.6 is 0 Å². The van der Waals surface area contributed by atoms with Crippen molar-refractivity contribution >= 4 is 10.9 Å². The Bertz CT molecular complexity index is 1460. The average molecular weight is 583 g/mol. The number of nitrogens with zero attached hydrogens (tertiary/aromatic N) is 3. The molecule has 7 unspecified atom stereocenters. The van der Waals surface area contributed by atoms with Gasteiger partial charge in [-0.3, -0.25) is 9.80 Å². The van der Waals surface area contributed by atoms with Gasteiger partial charge in [-0.25, -0.2) is 0 Å². The second-order valence-corrected chi connectivity index (χ2v) is 14.7. The van der Waals surface area contributed by atoms with Crippen LogP contribution in [-0.2, 0) is 6.42 Å². The van der Waals surface area contributed by atoms with Gasteiger partial charge in [-0.2, -0.15) is 0 Å². The van der Waals surface area contributed by atoms with Gasteiger partial charge in [0.25, 0.3) is 0 Å². The Balaban J connectivity index is 1.32. The van der Waals surface area contributed by atoms with E-state index in [2.05, 4.69) is 63.2 Å². The lowest BCUT2D eigenvalue weighted by atomic mass is 9.54. The number of fused-ring (bicyclic) bond motifs is 5. The maximum atomic E-state index is 13.2. The number of hydrogen-bond acceptors (Lipinski definition) is 5. The molecule has 43 heavy (non-hydrogen) atoms. The first-order chi connectivity index (χ1) is 21.0. The Morgan fingerprint density at radius 1 is 0.953 bits per heavy atom. The molecule has 3 N–H and O–H groups in total. The zero-order chi connectivity index (χ0) is 29.2. The summed E-state index contributed by atoms with van der Waals surface area (Å²) in [6, 6.07) is 6.56. The van der Waals surface area contributed by atoms with E-state index in [1.807, 2.05) is 6.07 Å². The molecule has 2 aromatic rings. The molecule has 7 atom stereocenters. The molecule has 3 bridgehead atoms. The Labute approximate surface area is 257 Å². The number of aromatic nitrogens is 1. The third kappa shape index (κ3) is 4.50. The van der Waals surface area contributed by atoms with Crippen molar-refractivity contribution < 1.29 is 10.2 Å². The van der Waals surface area contributed by atoms with Gasteiger partial charge in [0.1, 0.15) is 5.75 Å². The number of aliphatic hydroxyl groups is 1. The van der Waals surface area contributed by atoms with Crippen molar-refractivity contribution in [3.05, 3.63) is 65.4 Å². The van der Waals surface area contributed by atoms with E-state index >= 15 is 0 Å². The van der Waals surface area contributed by atoms with E-state index in [1.165, 1.54) is 55.5 Å². The quantitative estimate of drug-likeness (QED) is 0.356. The van der Waals surface area contributed by atoms with Gasteiger partial charge in [0, 0.05) is 35.6 Å². The number of aromatic hydroxyl groups is 1. The second kappa shape index (κ2) is 10.9. The second-order valence-electron chi connectivity index (χ2n) is 14.7. The van der Waals surface area contributed by atoms with E-state index in [9.17, 15) is 10.2 Å². The first-order valence-electron chi connectivity index (χ1n) is 17.3. The molecule has 6 heteroatoms. The van der Waals surface area contributed by atoms with Crippen LogP contribution in [0.5, 0.6) is 5.75 Å². The summed E-state index contributed by atoms with van der Waals surface area (Å²) in [4.78, 5) is 11.8. The summed E-state index contributed by atoms with van der Waals surface area (Å²) < 4.78 is 0. The monoisotopic (exact) mass is 582 g/mol.